The summed E-state index contributed by atoms with van der Waals surface area (Å²) in [7, 11) is 3.96. The van der Waals surface area contributed by atoms with Gasteiger partial charge < -0.3 is 15.1 Å². The Kier molecular flexibility index (Phi) is 5.65. The molecule has 2 heterocycles. The molecule has 1 aliphatic heterocycles. The second kappa shape index (κ2) is 7.93. The number of hydrogen-bond acceptors (Lipinski definition) is 5. The summed E-state index contributed by atoms with van der Waals surface area (Å²) in [6, 6.07) is 8.04. The monoisotopic (exact) mass is 360 g/mol. The summed E-state index contributed by atoms with van der Waals surface area (Å²) in [5, 5.41) is 3.99. The van der Waals surface area contributed by atoms with Gasteiger partial charge in [-0.2, -0.15) is 0 Å². The number of likely N-dealkylation sites (tertiary alicyclic amines) is 1. The average molecular weight is 360 g/mol. The van der Waals surface area contributed by atoms with Crippen LogP contribution < -0.4 is 5.32 Å². The van der Waals surface area contributed by atoms with Crippen molar-refractivity contribution in [1.82, 2.24) is 20.1 Å². The molecule has 25 heavy (non-hydrogen) atoms. The number of benzene rings is 1. The van der Waals surface area contributed by atoms with Crippen LogP contribution in [0.1, 0.15) is 11.4 Å². The van der Waals surface area contributed by atoms with Crippen molar-refractivity contribution in [2.24, 2.45) is 5.92 Å². The number of fused-ring (bicyclic) bond motifs is 1. The van der Waals surface area contributed by atoms with Crippen LogP contribution >= 0.6 is 11.3 Å². The lowest BCUT2D eigenvalue weighted by atomic mass is 10.1. The van der Waals surface area contributed by atoms with E-state index in [1.165, 1.54) is 4.70 Å². The van der Waals surface area contributed by atoms with E-state index in [4.69, 9.17) is 0 Å². The Hall–Kier alpha value is -1.99. The fourth-order valence-corrected chi connectivity index (χ4v) is 3.92. The van der Waals surface area contributed by atoms with E-state index in [2.05, 4.69) is 16.4 Å². The van der Waals surface area contributed by atoms with Crippen molar-refractivity contribution in [3.63, 3.8) is 0 Å². The van der Waals surface area contributed by atoms with Crippen LogP contribution in [0.4, 0.5) is 0 Å². The van der Waals surface area contributed by atoms with E-state index in [-0.39, 0.29) is 17.7 Å². The smallest absolute Gasteiger partial charge is 0.225 e. The van der Waals surface area contributed by atoms with Crippen LogP contribution in [0.5, 0.6) is 0 Å². The van der Waals surface area contributed by atoms with Crippen LogP contribution in [-0.4, -0.2) is 66.9 Å². The standard InChI is InChI=1S/C18H24N4O2S/c1-21(2)9-10-22-12-13(11-17(22)23)18(24)19-8-7-16-20-14-5-3-4-6-15(14)25-16/h3-6,13H,7-12H2,1-2H3,(H,19,24)/t13-/m1/s1. The normalized spacial score (nSPS) is 17.6. The molecule has 0 bridgehead atoms. The lowest BCUT2D eigenvalue weighted by Crippen LogP contribution is -2.36. The van der Waals surface area contributed by atoms with Crippen molar-refractivity contribution in [3.8, 4) is 0 Å². The highest BCUT2D eigenvalue weighted by molar-refractivity contribution is 7.18. The first kappa shape index (κ1) is 17.8. The zero-order chi connectivity index (χ0) is 17.8. The van der Waals surface area contributed by atoms with Gasteiger partial charge in [0.2, 0.25) is 11.8 Å². The SMILES string of the molecule is CN(C)CCN1C[C@H](C(=O)NCCc2nc3ccccc3s2)CC1=O. The number of aromatic nitrogens is 1. The highest BCUT2D eigenvalue weighted by Gasteiger charge is 2.33. The van der Waals surface area contributed by atoms with Crippen LogP contribution in [0.25, 0.3) is 10.2 Å². The number of amides is 2. The van der Waals surface area contributed by atoms with Gasteiger partial charge in [-0.15, -0.1) is 11.3 Å². The molecule has 1 saturated heterocycles. The molecule has 6 nitrogen and oxygen atoms in total. The quantitative estimate of drug-likeness (QED) is 0.810. The second-order valence-electron chi connectivity index (χ2n) is 6.66. The summed E-state index contributed by atoms with van der Waals surface area (Å²) in [5.74, 6) is -0.181. The molecule has 0 spiro atoms. The molecule has 134 valence electrons. The first-order valence-corrected chi connectivity index (χ1v) is 9.39. The number of nitrogens with one attached hydrogen (secondary N) is 1. The van der Waals surface area contributed by atoms with E-state index in [9.17, 15) is 9.59 Å². The molecule has 0 radical (unpaired) electrons. The minimum atomic E-state index is -0.231. The molecule has 1 aromatic heterocycles. The zero-order valence-corrected chi connectivity index (χ0v) is 15.5. The first-order valence-electron chi connectivity index (χ1n) is 8.57. The van der Waals surface area contributed by atoms with Gasteiger partial charge in [-0.25, -0.2) is 4.98 Å². The Morgan fingerprint density at radius 1 is 1.40 bits per heavy atom. The maximum absolute atomic E-state index is 12.3. The molecule has 0 aliphatic carbocycles. The van der Waals surface area contributed by atoms with E-state index < -0.39 is 0 Å². The summed E-state index contributed by atoms with van der Waals surface area (Å²) in [5.41, 5.74) is 1.01. The predicted molar refractivity (Wildman–Crippen MR) is 99.6 cm³/mol. The first-order chi connectivity index (χ1) is 12.0. The lowest BCUT2D eigenvalue weighted by Gasteiger charge is -2.19. The van der Waals surface area contributed by atoms with Crippen LogP contribution in [0, 0.1) is 5.92 Å². The summed E-state index contributed by atoms with van der Waals surface area (Å²) in [4.78, 5) is 32.7. The van der Waals surface area contributed by atoms with E-state index in [0.717, 1.165) is 23.5 Å². The maximum atomic E-state index is 12.3. The molecule has 1 aromatic carbocycles. The number of carbonyl (C=O) groups excluding carboxylic acids is 2. The minimum Gasteiger partial charge on any atom is -0.355 e. The van der Waals surface area contributed by atoms with Gasteiger partial charge in [-0.1, -0.05) is 12.1 Å². The molecule has 1 aliphatic rings. The molecule has 3 rings (SSSR count). The molecule has 2 amide bonds. The van der Waals surface area contributed by atoms with Crippen LogP contribution in [0.15, 0.2) is 24.3 Å². The number of carbonyl (C=O) groups is 2. The van der Waals surface area contributed by atoms with Crippen molar-refractivity contribution in [1.29, 1.82) is 0 Å². The van der Waals surface area contributed by atoms with Gasteiger partial charge in [0, 0.05) is 39.0 Å². The van der Waals surface area contributed by atoms with E-state index in [1.807, 2.05) is 37.2 Å². The number of hydrogen-bond donors (Lipinski definition) is 1. The van der Waals surface area contributed by atoms with Crippen molar-refractivity contribution in [2.75, 3.05) is 40.3 Å². The molecular formula is C18H24N4O2S. The van der Waals surface area contributed by atoms with Gasteiger partial charge in [0.1, 0.15) is 0 Å². The molecular weight excluding hydrogens is 336 g/mol. The van der Waals surface area contributed by atoms with E-state index >= 15 is 0 Å². The minimum absolute atomic E-state index is 0.0261. The van der Waals surface area contributed by atoms with Crippen LogP contribution in [-0.2, 0) is 16.0 Å². The molecule has 0 unspecified atom stereocenters. The van der Waals surface area contributed by atoms with Crippen molar-refractivity contribution in [2.45, 2.75) is 12.8 Å². The van der Waals surface area contributed by atoms with Gasteiger partial charge in [0.25, 0.3) is 0 Å². The Morgan fingerprint density at radius 3 is 2.96 bits per heavy atom. The highest BCUT2D eigenvalue weighted by Crippen LogP contribution is 2.22. The molecule has 7 heteroatoms. The summed E-state index contributed by atoms with van der Waals surface area (Å²) in [6.07, 6.45) is 1.04. The number of nitrogens with zero attached hydrogens (tertiary/aromatic N) is 3. The maximum Gasteiger partial charge on any atom is 0.225 e. The lowest BCUT2D eigenvalue weighted by molar-refractivity contribution is -0.129. The van der Waals surface area contributed by atoms with Crippen molar-refractivity contribution < 1.29 is 9.59 Å². The van der Waals surface area contributed by atoms with Crippen LogP contribution in [0.2, 0.25) is 0 Å². The average Bonchev–Trinajstić information content (AvgIpc) is 3.15. The van der Waals surface area contributed by atoms with Gasteiger partial charge in [0.05, 0.1) is 21.1 Å². The molecule has 0 saturated carbocycles. The Bertz CT molecular complexity index is 725. The Balaban J connectivity index is 1.45. The number of para-hydroxylation sites is 1. The summed E-state index contributed by atoms with van der Waals surface area (Å²) >= 11 is 1.66. The number of rotatable bonds is 7. The fourth-order valence-electron chi connectivity index (χ4n) is 2.95. The fraction of sp³-hybridized carbons (Fsp3) is 0.500. The number of thiazole rings is 1. The largest absolute Gasteiger partial charge is 0.355 e. The van der Waals surface area contributed by atoms with Crippen LogP contribution in [0.3, 0.4) is 0 Å². The predicted octanol–water partition coefficient (Wildman–Crippen LogP) is 1.37. The van der Waals surface area contributed by atoms with Gasteiger partial charge in [-0.3, -0.25) is 9.59 Å². The summed E-state index contributed by atoms with van der Waals surface area (Å²) in [6.45, 7) is 2.58. The molecule has 1 fully saturated rings. The van der Waals surface area contributed by atoms with Gasteiger partial charge in [-0.05, 0) is 26.2 Å². The Morgan fingerprint density at radius 2 is 2.20 bits per heavy atom. The van der Waals surface area contributed by atoms with E-state index in [0.29, 0.717) is 26.1 Å². The zero-order valence-electron chi connectivity index (χ0n) is 14.7. The van der Waals surface area contributed by atoms with Gasteiger partial charge in [0.15, 0.2) is 0 Å². The highest BCUT2D eigenvalue weighted by atomic mass is 32.1. The molecule has 1 atom stereocenters. The molecule has 2 aromatic rings. The summed E-state index contributed by atoms with van der Waals surface area (Å²) < 4.78 is 1.17. The second-order valence-corrected chi connectivity index (χ2v) is 7.78. The van der Waals surface area contributed by atoms with Crippen molar-refractivity contribution >= 4 is 33.4 Å². The third-order valence-electron chi connectivity index (χ3n) is 4.38. The number of likely N-dealkylation sites (N-methyl/N-ethyl adjacent to an activating group) is 1. The third-order valence-corrected chi connectivity index (χ3v) is 5.47. The molecule has 1 N–H and O–H groups in total. The van der Waals surface area contributed by atoms with Crippen molar-refractivity contribution in [3.05, 3.63) is 29.3 Å². The topological polar surface area (TPSA) is 65.5 Å². The Labute approximate surface area is 151 Å². The van der Waals surface area contributed by atoms with E-state index in [1.54, 1.807) is 16.2 Å². The van der Waals surface area contributed by atoms with Gasteiger partial charge >= 0.3 is 0 Å². The third kappa shape index (κ3) is 4.55.